The van der Waals surface area contributed by atoms with Gasteiger partial charge in [0.1, 0.15) is 17.3 Å². The van der Waals surface area contributed by atoms with Crippen molar-refractivity contribution in [3.05, 3.63) is 48.0 Å². The van der Waals surface area contributed by atoms with Gasteiger partial charge in [0.05, 0.1) is 6.04 Å². The van der Waals surface area contributed by atoms with Crippen LogP contribution in [0.15, 0.2) is 40.8 Å². The van der Waals surface area contributed by atoms with Crippen molar-refractivity contribution in [3.8, 4) is 11.3 Å². The number of nitrogens with two attached hydrogens (primary N) is 1. The van der Waals surface area contributed by atoms with Crippen molar-refractivity contribution in [1.29, 1.82) is 0 Å². The molecule has 0 bridgehead atoms. The molecule has 2 nitrogen and oxygen atoms in total. The summed E-state index contributed by atoms with van der Waals surface area (Å²) in [5.74, 6) is 0.554. The van der Waals surface area contributed by atoms with Gasteiger partial charge < -0.3 is 10.2 Å². The first-order chi connectivity index (χ1) is 8.56. The Morgan fingerprint density at radius 3 is 2.33 bits per heavy atom. The van der Waals surface area contributed by atoms with Crippen LogP contribution in [0.25, 0.3) is 11.3 Å². The third kappa shape index (κ3) is 2.92. The van der Waals surface area contributed by atoms with Crippen LogP contribution in [0.3, 0.4) is 0 Å². The lowest BCUT2D eigenvalue weighted by atomic mass is 10.2. The second-order valence-corrected chi connectivity index (χ2v) is 3.98. The molecule has 18 heavy (non-hydrogen) atoms. The second kappa shape index (κ2) is 5.27. The molecule has 0 aliphatic carbocycles. The SMILES string of the molecule is NC(Cc1ccc(-c2ccc(F)cc2)o1)C(F)F. The van der Waals surface area contributed by atoms with Gasteiger partial charge in [-0.05, 0) is 36.4 Å². The van der Waals surface area contributed by atoms with Crippen LogP contribution in [-0.2, 0) is 6.42 Å². The number of furan rings is 1. The van der Waals surface area contributed by atoms with Crippen LogP contribution in [0.1, 0.15) is 5.76 Å². The lowest BCUT2D eigenvalue weighted by molar-refractivity contribution is 0.113. The van der Waals surface area contributed by atoms with E-state index in [1.54, 1.807) is 24.3 Å². The Kier molecular flexibility index (Phi) is 3.72. The molecule has 1 aromatic heterocycles. The fourth-order valence-electron chi connectivity index (χ4n) is 1.58. The number of alkyl halides is 2. The van der Waals surface area contributed by atoms with E-state index >= 15 is 0 Å². The highest BCUT2D eigenvalue weighted by Gasteiger charge is 2.17. The van der Waals surface area contributed by atoms with Gasteiger partial charge in [-0.25, -0.2) is 13.2 Å². The van der Waals surface area contributed by atoms with E-state index in [1.807, 2.05) is 0 Å². The Morgan fingerprint density at radius 2 is 1.72 bits per heavy atom. The van der Waals surface area contributed by atoms with Gasteiger partial charge in [-0.1, -0.05) is 0 Å². The van der Waals surface area contributed by atoms with E-state index in [4.69, 9.17) is 10.2 Å². The predicted octanol–water partition coefficient (Wildman–Crippen LogP) is 3.22. The molecule has 1 atom stereocenters. The molecular weight excluding hydrogens is 243 g/mol. The van der Waals surface area contributed by atoms with E-state index in [2.05, 4.69) is 0 Å². The van der Waals surface area contributed by atoms with Crippen molar-refractivity contribution >= 4 is 0 Å². The van der Waals surface area contributed by atoms with Gasteiger partial charge in [0.25, 0.3) is 6.43 Å². The zero-order chi connectivity index (χ0) is 13.1. The van der Waals surface area contributed by atoms with E-state index < -0.39 is 12.5 Å². The number of halogens is 3. The van der Waals surface area contributed by atoms with Crippen molar-refractivity contribution in [2.24, 2.45) is 5.73 Å². The van der Waals surface area contributed by atoms with E-state index in [1.165, 1.54) is 12.1 Å². The Morgan fingerprint density at radius 1 is 1.06 bits per heavy atom. The summed E-state index contributed by atoms with van der Waals surface area (Å²) in [7, 11) is 0. The minimum atomic E-state index is -2.58. The minimum absolute atomic E-state index is 0.0289. The molecule has 1 unspecified atom stereocenters. The van der Waals surface area contributed by atoms with Gasteiger partial charge >= 0.3 is 0 Å². The lowest BCUT2D eigenvalue weighted by Gasteiger charge is -2.07. The Bertz CT molecular complexity index is 507. The number of benzene rings is 1. The maximum absolute atomic E-state index is 12.7. The average molecular weight is 255 g/mol. The monoisotopic (exact) mass is 255 g/mol. The van der Waals surface area contributed by atoms with Gasteiger partial charge in [0.15, 0.2) is 0 Å². The molecule has 0 aliphatic rings. The van der Waals surface area contributed by atoms with E-state index in [9.17, 15) is 13.2 Å². The van der Waals surface area contributed by atoms with Gasteiger partial charge in [0.2, 0.25) is 0 Å². The van der Waals surface area contributed by atoms with Crippen LogP contribution in [0.5, 0.6) is 0 Å². The molecule has 96 valence electrons. The zero-order valence-corrected chi connectivity index (χ0v) is 9.45. The smallest absolute Gasteiger partial charge is 0.253 e. The van der Waals surface area contributed by atoms with Gasteiger partial charge in [-0.2, -0.15) is 0 Å². The standard InChI is InChI=1S/C13H12F3NO/c14-9-3-1-8(2-4-9)12-6-5-10(18-12)7-11(17)13(15)16/h1-6,11,13H,7,17H2. The average Bonchev–Trinajstić information content (AvgIpc) is 2.78. The first-order valence-electron chi connectivity index (χ1n) is 5.44. The molecule has 0 amide bonds. The van der Waals surface area contributed by atoms with Gasteiger partial charge in [-0.3, -0.25) is 0 Å². The largest absolute Gasteiger partial charge is 0.461 e. The second-order valence-electron chi connectivity index (χ2n) is 3.98. The summed E-state index contributed by atoms with van der Waals surface area (Å²) in [6.07, 6.45) is -2.61. The molecule has 1 heterocycles. The fourth-order valence-corrected chi connectivity index (χ4v) is 1.58. The minimum Gasteiger partial charge on any atom is -0.461 e. The maximum atomic E-state index is 12.7. The molecule has 2 N–H and O–H groups in total. The molecule has 2 aromatic rings. The third-order valence-corrected chi connectivity index (χ3v) is 2.55. The fraction of sp³-hybridized carbons (Fsp3) is 0.231. The highest BCUT2D eigenvalue weighted by molar-refractivity contribution is 5.57. The van der Waals surface area contributed by atoms with Crippen LogP contribution in [-0.4, -0.2) is 12.5 Å². The van der Waals surface area contributed by atoms with Crippen LogP contribution in [0.4, 0.5) is 13.2 Å². The molecular formula is C13H12F3NO. The summed E-state index contributed by atoms with van der Waals surface area (Å²) in [4.78, 5) is 0. The summed E-state index contributed by atoms with van der Waals surface area (Å²) < 4.78 is 42.7. The molecule has 5 heteroatoms. The highest BCUT2D eigenvalue weighted by atomic mass is 19.3. The van der Waals surface area contributed by atoms with Crippen LogP contribution in [0.2, 0.25) is 0 Å². The molecule has 0 saturated heterocycles. The highest BCUT2D eigenvalue weighted by Crippen LogP contribution is 2.23. The topological polar surface area (TPSA) is 39.2 Å². The Hall–Kier alpha value is -1.75. The van der Waals surface area contributed by atoms with E-state index in [-0.39, 0.29) is 12.2 Å². The molecule has 2 rings (SSSR count). The number of rotatable bonds is 4. The Balaban J connectivity index is 2.13. The number of hydrogen-bond acceptors (Lipinski definition) is 2. The summed E-state index contributed by atoms with van der Waals surface area (Å²) in [5, 5.41) is 0. The molecule has 0 aliphatic heterocycles. The van der Waals surface area contributed by atoms with Crippen molar-refractivity contribution < 1.29 is 17.6 Å². The summed E-state index contributed by atoms with van der Waals surface area (Å²) in [6.45, 7) is 0. The maximum Gasteiger partial charge on any atom is 0.253 e. The molecule has 0 spiro atoms. The molecule has 0 fully saturated rings. The Labute approximate surface area is 102 Å². The van der Waals surface area contributed by atoms with Crippen LogP contribution < -0.4 is 5.73 Å². The van der Waals surface area contributed by atoms with Gasteiger partial charge in [0, 0.05) is 12.0 Å². The van der Waals surface area contributed by atoms with Crippen molar-refractivity contribution in [2.75, 3.05) is 0 Å². The summed E-state index contributed by atoms with van der Waals surface area (Å²) >= 11 is 0. The van der Waals surface area contributed by atoms with Gasteiger partial charge in [-0.15, -0.1) is 0 Å². The quantitative estimate of drug-likeness (QED) is 0.911. The van der Waals surface area contributed by atoms with Crippen molar-refractivity contribution in [2.45, 2.75) is 18.9 Å². The molecule has 1 aromatic carbocycles. The van der Waals surface area contributed by atoms with E-state index in [0.717, 1.165) is 0 Å². The van der Waals surface area contributed by atoms with Crippen LogP contribution >= 0.6 is 0 Å². The summed E-state index contributed by atoms with van der Waals surface area (Å²) in [6, 6.07) is 7.75. The molecule has 0 radical (unpaired) electrons. The van der Waals surface area contributed by atoms with Crippen molar-refractivity contribution in [3.63, 3.8) is 0 Å². The van der Waals surface area contributed by atoms with Crippen LogP contribution in [0, 0.1) is 5.82 Å². The normalized spacial score (nSPS) is 12.9. The number of hydrogen-bond donors (Lipinski definition) is 1. The van der Waals surface area contributed by atoms with Crippen molar-refractivity contribution in [1.82, 2.24) is 0 Å². The molecule has 0 saturated carbocycles. The first-order valence-corrected chi connectivity index (χ1v) is 5.44. The predicted molar refractivity (Wildman–Crippen MR) is 61.8 cm³/mol. The summed E-state index contributed by atoms with van der Waals surface area (Å²) in [5.41, 5.74) is 5.94. The van der Waals surface area contributed by atoms with E-state index in [0.29, 0.717) is 17.1 Å². The third-order valence-electron chi connectivity index (χ3n) is 2.55. The zero-order valence-electron chi connectivity index (χ0n) is 9.45. The lowest BCUT2D eigenvalue weighted by Crippen LogP contribution is -2.30. The first kappa shape index (κ1) is 12.7.